The summed E-state index contributed by atoms with van der Waals surface area (Å²) in [5.74, 6) is 0.882. The lowest BCUT2D eigenvalue weighted by Crippen LogP contribution is -2.46. The fourth-order valence-electron chi connectivity index (χ4n) is 3.45. The van der Waals surface area contributed by atoms with Crippen molar-refractivity contribution in [3.8, 4) is 6.07 Å². The standard InChI is InChI=1S/C16H22N4/c1-11-8-14(18)6-7-20(11)16-13(10-17)9-12-4-2-3-5-15(12)19-16/h9,11,14H,2-8,18H2,1H3. The van der Waals surface area contributed by atoms with Crippen molar-refractivity contribution in [2.45, 2.75) is 57.5 Å². The first-order chi connectivity index (χ1) is 9.69. The maximum Gasteiger partial charge on any atom is 0.147 e. The van der Waals surface area contributed by atoms with Crippen LogP contribution in [-0.2, 0) is 12.8 Å². The predicted octanol–water partition coefficient (Wildman–Crippen LogP) is 2.15. The highest BCUT2D eigenvalue weighted by atomic mass is 15.2. The molecule has 1 saturated heterocycles. The SMILES string of the molecule is CC1CC(N)CCN1c1nc2c(cc1C#N)CCCC2. The Bertz CT molecular complexity index is 546. The van der Waals surface area contributed by atoms with Crippen LogP contribution in [0.1, 0.15) is 49.4 Å². The summed E-state index contributed by atoms with van der Waals surface area (Å²) < 4.78 is 0. The lowest BCUT2D eigenvalue weighted by atomic mass is 9.94. The lowest BCUT2D eigenvalue weighted by Gasteiger charge is -2.38. The Labute approximate surface area is 120 Å². The minimum absolute atomic E-state index is 0.282. The van der Waals surface area contributed by atoms with Crippen LogP contribution in [0, 0.1) is 11.3 Å². The number of hydrogen-bond acceptors (Lipinski definition) is 4. The molecule has 2 heterocycles. The average molecular weight is 270 g/mol. The number of anilines is 1. The molecule has 1 aromatic rings. The van der Waals surface area contributed by atoms with Crippen LogP contribution in [-0.4, -0.2) is 23.6 Å². The number of aryl methyl sites for hydroxylation is 2. The van der Waals surface area contributed by atoms with E-state index in [0.717, 1.165) is 43.6 Å². The van der Waals surface area contributed by atoms with E-state index in [0.29, 0.717) is 6.04 Å². The summed E-state index contributed by atoms with van der Waals surface area (Å²) in [6.07, 6.45) is 6.50. The van der Waals surface area contributed by atoms with Crippen molar-refractivity contribution in [1.82, 2.24) is 4.98 Å². The summed E-state index contributed by atoms with van der Waals surface area (Å²) in [5, 5.41) is 9.45. The van der Waals surface area contributed by atoms with Gasteiger partial charge in [0.2, 0.25) is 0 Å². The van der Waals surface area contributed by atoms with Crippen LogP contribution in [0.5, 0.6) is 0 Å². The first-order valence-corrected chi connectivity index (χ1v) is 7.64. The maximum atomic E-state index is 9.45. The van der Waals surface area contributed by atoms with Gasteiger partial charge < -0.3 is 10.6 Å². The Hall–Kier alpha value is -1.60. The molecule has 0 bridgehead atoms. The van der Waals surface area contributed by atoms with Gasteiger partial charge in [-0.3, -0.25) is 0 Å². The predicted molar refractivity (Wildman–Crippen MR) is 79.6 cm³/mol. The molecule has 0 radical (unpaired) electrons. The van der Waals surface area contributed by atoms with E-state index in [1.54, 1.807) is 0 Å². The fraction of sp³-hybridized carbons (Fsp3) is 0.625. The summed E-state index contributed by atoms with van der Waals surface area (Å²) >= 11 is 0. The van der Waals surface area contributed by atoms with Crippen LogP contribution in [0.2, 0.25) is 0 Å². The molecule has 106 valence electrons. The quantitative estimate of drug-likeness (QED) is 0.849. The second-order valence-electron chi connectivity index (χ2n) is 6.11. The summed E-state index contributed by atoms with van der Waals surface area (Å²) in [5.41, 5.74) is 9.24. The highest BCUT2D eigenvalue weighted by Crippen LogP contribution is 2.30. The highest BCUT2D eigenvalue weighted by Gasteiger charge is 2.27. The molecule has 1 aliphatic heterocycles. The van der Waals surface area contributed by atoms with E-state index >= 15 is 0 Å². The Kier molecular flexibility index (Phi) is 3.62. The Morgan fingerprint density at radius 2 is 2.20 bits per heavy atom. The summed E-state index contributed by atoms with van der Waals surface area (Å²) in [6.45, 7) is 3.09. The van der Waals surface area contributed by atoms with Crippen molar-refractivity contribution in [1.29, 1.82) is 5.26 Å². The van der Waals surface area contributed by atoms with E-state index in [2.05, 4.69) is 24.0 Å². The van der Waals surface area contributed by atoms with Gasteiger partial charge in [-0.05, 0) is 57.1 Å². The van der Waals surface area contributed by atoms with Crippen molar-refractivity contribution in [3.05, 3.63) is 22.9 Å². The van der Waals surface area contributed by atoms with E-state index in [1.807, 2.05) is 0 Å². The molecule has 0 amide bonds. The molecular formula is C16H22N4. The van der Waals surface area contributed by atoms with Crippen LogP contribution in [0.3, 0.4) is 0 Å². The number of piperidine rings is 1. The van der Waals surface area contributed by atoms with Gasteiger partial charge in [-0.25, -0.2) is 4.98 Å². The van der Waals surface area contributed by atoms with E-state index in [-0.39, 0.29) is 6.04 Å². The number of pyridine rings is 1. The topological polar surface area (TPSA) is 65.9 Å². The molecular weight excluding hydrogens is 248 g/mol. The molecule has 2 unspecified atom stereocenters. The number of rotatable bonds is 1. The number of nitrogens with two attached hydrogens (primary N) is 1. The van der Waals surface area contributed by atoms with E-state index < -0.39 is 0 Å². The van der Waals surface area contributed by atoms with Crippen molar-refractivity contribution >= 4 is 5.82 Å². The van der Waals surface area contributed by atoms with E-state index in [9.17, 15) is 5.26 Å². The molecule has 3 rings (SSSR count). The first-order valence-electron chi connectivity index (χ1n) is 7.64. The smallest absolute Gasteiger partial charge is 0.147 e. The second kappa shape index (κ2) is 5.41. The minimum Gasteiger partial charge on any atom is -0.353 e. The van der Waals surface area contributed by atoms with Gasteiger partial charge >= 0.3 is 0 Å². The third-order valence-corrected chi connectivity index (χ3v) is 4.59. The normalized spacial score (nSPS) is 25.9. The van der Waals surface area contributed by atoms with Crippen molar-refractivity contribution in [2.75, 3.05) is 11.4 Å². The summed E-state index contributed by atoms with van der Waals surface area (Å²) in [6, 6.07) is 5.05. The van der Waals surface area contributed by atoms with Gasteiger partial charge in [0.25, 0.3) is 0 Å². The zero-order valence-electron chi connectivity index (χ0n) is 12.1. The highest BCUT2D eigenvalue weighted by molar-refractivity contribution is 5.57. The summed E-state index contributed by atoms with van der Waals surface area (Å²) in [7, 11) is 0. The Morgan fingerprint density at radius 3 is 2.95 bits per heavy atom. The molecule has 1 aromatic heterocycles. The molecule has 4 nitrogen and oxygen atoms in total. The van der Waals surface area contributed by atoms with Crippen LogP contribution in [0.4, 0.5) is 5.82 Å². The van der Waals surface area contributed by atoms with E-state index in [1.165, 1.54) is 24.1 Å². The monoisotopic (exact) mass is 270 g/mol. The fourth-order valence-corrected chi connectivity index (χ4v) is 3.45. The third-order valence-electron chi connectivity index (χ3n) is 4.59. The van der Waals surface area contributed by atoms with Crippen LogP contribution < -0.4 is 10.6 Å². The number of nitriles is 1. The zero-order chi connectivity index (χ0) is 14.1. The maximum absolute atomic E-state index is 9.45. The molecule has 0 spiro atoms. The van der Waals surface area contributed by atoms with Crippen LogP contribution in [0.25, 0.3) is 0 Å². The first kappa shape index (κ1) is 13.4. The molecule has 1 aliphatic carbocycles. The van der Waals surface area contributed by atoms with Crippen molar-refractivity contribution in [3.63, 3.8) is 0 Å². The second-order valence-corrected chi connectivity index (χ2v) is 6.11. The number of aromatic nitrogens is 1. The molecule has 0 aromatic carbocycles. The molecule has 0 saturated carbocycles. The van der Waals surface area contributed by atoms with Crippen LogP contribution in [0.15, 0.2) is 6.07 Å². The van der Waals surface area contributed by atoms with E-state index in [4.69, 9.17) is 10.7 Å². The molecule has 2 atom stereocenters. The van der Waals surface area contributed by atoms with Gasteiger partial charge in [0.05, 0.1) is 5.56 Å². The molecule has 2 aliphatic rings. The van der Waals surface area contributed by atoms with Gasteiger partial charge in [-0.2, -0.15) is 5.26 Å². The van der Waals surface area contributed by atoms with Crippen molar-refractivity contribution < 1.29 is 0 Å². The van der Waals surface area contributed by atoms with Gasteiger partial charge in [-0.1, -0.05) is 0 Å². The van der Waals surface area contributed by atoms with Gasteiger partial charge in [0, 0.05) is 24.3 Å². The minimum atomic E-state index is 0.282. The van der Waals surface area contributed by atoms with Gasteiger partial charge in [0.15, 0.2) is 0 Å². The third kappa shape index (κ3) is 2.38. The summed E-state index contributed by atoms with van der Waals surface area (Å²) in [4.78, 5) is 7.12. The number of nitrogens with zero attached hydrogens (tertiary/aromatic N) is 3. The molecule has 4 heteroatoms. The van der Waals surface area contributed by atoms with Crippen LogP contribution >= 0.6 is 0 Å². The molecule has 1 fully saturated rings. The lowest BCUT2D eigenvalue weighted by molar-refractivity contribution is 0.426. The zero-order valence-corrected chi connectivity index (χ0v) is 12.1. The largest absolute Gasteiger partial charge is 0.353 e. The van der Waals surface area contributed by atoms with Gasteiger partial charge in [0.1, 0.15) is 11.9 Å². The Morgan fingerprint density at radius 1 is 1.40 bits per heavy atom. The Balaban J connectivity index is 1.98. The molecule has 20 heavy (non-hydrogen) atoms. The molecule has 2 N–H and O–H groups in total. The average Bonchev–Trinajstić information content (AvgIpc) is 2.46. The van der Waals surface area contributed by atoms with Gasteiger partial charge in [-0.15, -0.1) is 0 Å². The number of hydrogen-bond donors (Lipinski definition) is 1. The number of fused-ring (bicyclic) bond motifs is 1. The van der Waals surface area contributed by atoms with Crippen molar-refractivity contribution in [2.24, 2.45) is 5.73 Å².